The number of pyridine rings is 1. The summed E-state index contributed by atoms with van der Waals surface area (Å²) in [4.78, 5) is 4.09. The minimum atomic E-state index is -0.803. The zero-order valence-corrected chi connectivity index (χ0v) is 11.4. The van der Waals surface area contributed by atoms with E-state index in [4.69, 9.17) is 0 Å². The van der Waals surface area contributed by atoms with Crippen molar-refractivity contribution in [1.82, 2.24) is 10.3 Å². The fourth-order valence-electron chi connectivity index (χ4n) is 2.13. The molecule has 2 aromatic rings. The molecule has 1 heterocycles. The van der Waals surface area contributed by atoms with Crippen LogP contribution in [-0.2, 0) is 6.42 Å². The van der Waals surface area contributed by atoms with Crippen LogP contribution in [0.1, 0.15) is 30.5 Å². The Hall–Kier alpha value is -1.81. The molecule has 0 radical (unpaired) electrons. The first-order chi connectivity index (χ1) is 9.72. The fourth-order valence-corrected chi connectivity index (χ4v) is 2.13. The second-order valence-electron chi connectivity index (χ2n) is 4.71. The lowest BCUT2D eigenvalue weighted by Gasteiger charge is -2.19. The molecule has 2 rings (SSSR count). The number of halogens is 2. The standard InChI is InChI=1S/C16H18F2N2/c1-2-8-20-15(13-6-4-9-19-11-13)10-12-5-3-7-14(17)16(12)18/h3-7,9,11,15,20H,2,8,10H2,1H3. The van der Waals surface area contributed by atoms with E-state index < -0.39 is 11.6 Å². The number of nitrogens with one attached hydrogen (secondary N) is 1. The summed E-state index contributed by atoms with van der Waals surface area (Å²) in [7, 11) is 0. The Morgan fingerprint density at radius 3 is 2.75 bits per heavy atom. The number of rotatable bonds is 6. The molecule has 0 saturated heterocycles. The molecule has 0 aliphatic rings. The van der Waals surface area contributed by atoms with Gasteiger partial charge in [-0.05, 0) is 42.6 Å². The third kappa shape index (κ3) is 3.61. The summed E-state index contributed by atoms with van der Waals surface area (Å²) in [5.74, 6) is -1.57. The molecule has 1 N–H and O–H groups in total. The molecule has 106 valence electrons. The molecule has 0 amide bonds. The lowest BCUT2D eigenvalue weighted by Crippen LogP contribution is -2.24. The average Bonchev–Trinajstić information content (AvgIpc) is 2.48. The first-order valence-electron chi connectivity index (χ1n) is 6.78. The maximum Gasteiger partial charge on any atom is 0.162 e. The van der Waals surface area contributed by atoms with E-state index in [1.807, 2.05) is 12.1 Å². The van der Waals surface area contributed by atoms with E-state index in [-0.39, 0.29) is 6.04 Å². The SMILES string of the molecule is CCCNC(Cc1cccc(F)c1F)c1cccnc1. The van der Waals surface area contributed by atoms with Gasteiger partial charge in [0, 0.05) is 18.4 Å². The molecular weight excluding hydrogens is 258 g/mol. The van der Waals surface area contributed by atoms with Crippen LogP contribution in [-0.4, -0.2) is 11.5 Å². The minimum absolute atomic E-state index is 0.0695. The van der Waals surface area contributed by atoms with Crippen LogP contribution in [0.4, 0.5) is 8.78 Å². The summed E-state index contributed by atoms with van der Waals surface area (Å²) < 4.78 is 27.1. The van der Waals surface area contributed by atoms with Crippen molar-refractivity contribution in [1.29, 1.82) is 0 Å². The Kier molecular flexibility index (Phi) is 5.18. The third-order valence-corrected chi connectivity index (χ3v) is 3.18. The van der Waals surface area contributed by atoms with Gasteiger partial charge >= 0.3 is 0 Å². The van der Waals surface area contributed by atoms with Gasteiger partial charge in [-0.3, -0.25) is 4.98 Å². The van der Waals surface area contributed by atoms with Gasteiger partial charge in [-0.15, -0.1) is 0 Å². The van der Waals surface area contributed by atoms with Crippen molar-refractivity contribution in [2.24, 2.45) is 0 Å². The van der Waals surface area contributed by atoms with Gasteiger partial charge < -0.3 is 5.32 Å². The zero-order valence-electron chi connectivity index (χ0n) is 11.4. The van der Waals surface area contributed by atoms with Gasteiger partial charge in [0.05, 0.1) is 0 Å². The molecule has 20 heavy (non-hydrogen) atoms. The van der Waals surface area contributed by atoms with Gasteiger partial charge in [-0.25, -0.2) is 8.78 Å². The number of aromatic nitrogens is 1. The molecule has 2 nitrogen and oxygen atoms in total. The number of benzene rings is 1. The second kappa shape index (κ2) is 7.10. The topological polar surface area (TPSA) is 24.9 Å². The van der Waals surface area contributed by atoms with Crippen molar-refractivity contribution in [2.45, 2.75) is 25.8 Å². The third-order valence-electron chi connectivity index (χ3n) is 3.18. The first-order valence-corrected chi connectivity index (χ1v) is 6.78. The van der Waals surface area contributed by atoms with Crippen LogP contribution in [0.3, 0.4) is 0 Å². The molecule has 0 bridgehead atoms. The predicted octanol–water partition coefficient (Wildman–Crippen LogP) is 3.64. The lowest BCUT2D eigenvalue weighted by atomic mass is 9.99. The predicted molar refractivity (Wildman–Crippen MR) is 75.3 cm³/mol. The molecular formula is C16H18F2N2. The van der Waals surface area contributed by atoms with E-state index in [2.05, 4.69) is 17.2 Å². The van der Waals surface area contributed by atoms with Crippen LogP contribution in [0.2, 0.25) is 0 Å². The summed E-state index contributed by atoms with van der Waals surface area (Å²) >= 11 is 0. The van der Waals surface area contributed by atoms with Gasteiger partial charge in [0.2, 0.25) is 0 Å². The lowest BCUT2D eigenvalue weighted by molar-refractivity contribution is 0.476. The van der Waals surface area contributed by atoms with E-state index >= 15 is 0 Å². The molecule has 1 aromatic heterocycles. The Bertz CT molecular complexity index is 543. The Morgan fingerprint density at radius 2 is 2.05 bits per heavy atom. The van der Waals surface area contributed by atoms with Gasteiger partial charge in [0.25, 0.3) is 0 Å². The fraction of sp³-hybridized carbons (Fsp3) is 0.312. The maximum atomic E-state index is 13.8. The molecule has 0 spiro atoms. The van der Waals surface area contributed by atoms with E-state index in [0.29, 0.717) is 12.0 Å². The molecule has 0 fully saturated rings. The van der Waals surface area contributed by atoms with Crippen LogP contribution in [0.25, 0.3) is 0 Å². The van der Waals surface area contributed by atoms with Crippen LogP contribution in [0, 0.1) is 11.6 Å². The molecule has 0 aliphatic carbocycles. The van der Waals surface area contributed by atoms with Gasteiger partial charge in [0.1, 0.15) is 0 Å². The van der Waals surface area contributed by atoms with E-state index in [0.717, 1.165) is 24.6 Å². The summed E-state index contributed by atoms with van der Waals surface area (Å²) in [5.41, 5.74) is 1.35. The Balaban J connectivity index is 2.21. The average molecular weight is 276 g/mol. The highest BCUT2D eigenvalue weighted by molar-refractivity contribution is 5.23. The first kappa shape index (κ1) is 14.6. The highest BCUT2D eigenvalue weighted by Gasteiger charge is 2.15. The van der Waals surface area contributed by atoms with E-state index in [9.17, 15) is 8.78 Å². The molecule has 1 aromatic carbocycles. The highest BCUT2D eigenvalue weighted by Crippen LogP contribution is 2.21. The number of hydrogen-bond acceptors (Lipinski definition) is 2. The van der Waals surface area contributed by atoms with Crippen LogP contribution in [0.5, 0.6) is 0 Å². The van der Waals surface area contributed by atoms with Crippen molar-refractivity contribution in [2.75, 3.05) is 6.54 Å². The Labute approximate surface area is 117 Å². The Morgan fingerprint density at radius 1 is 1.20 bits per heavy atom. The van der Waals surface area contributed by atoms with Gasteiger partial charge in [-0.2, -0.15) is 0 Å². The highest BCUT2D eigenvalue weighted by atomic mass is 19.2. The van der Waals surface area contributed by atoms with E-state index in [1.165, 1.54) is 6.07 Å². The molecule has 4 heteroatoms. The minimum Gasteiger partial charge on any atom is -0.310 e. The van der Waals surface area contributed by atoms with Crippen molar-refractivity contribution in [3.63, 3.8) is 0 Å². The summed E-state index contributed by atoms with van der Waals surface area (Å²) in [5, 5.41) is 3.35. The normalized spacial score (nSPS) is 12.3. The molecule has 0 aliphatic heterocycles. The number of nitrogens with zero attached hydrogens (tertiary/aromatic N) is 1. The maximum absolute atomic E-state index is 13.8. The monoisotopic (exact) mass is 276 g/mol. The van der Waals surface area contributed by atoms with E-state index in [1.54, 1.807) is 18.5 Å². The smallest absolute Gasteiger partial charge is 0.162 e. The largest absolute Gasteiger partial charge is 0.310 e. The van der Waals surface area contributed by atoms with Crippen molar-refractivity contribution < 1.29 is 8.78 Å². The summed E-state index contributed by atoms with van der Waals surface area (Å²) in [6, 6.07) is 8.01. The summed E-state index contributed by atoms with van der Waals surface area (Å²) in [6.07, 6.45) is 4.82. The van der Waals surface area contributed by atoms with Crippen LogP contribution < -0.4 is 5.32 Å². The van der Waals surface area contributed by atoms with Crippen LogP contribution >= 0.6 is 0 Å². The van der Waals surface area contributed by atoms with Crippen molar-refractivity contribution >= 4 is 0 Å². The molecule has 0 saturated carbocycles. The molecule has 1 atom stereocenters. The quantitative estimate of drug-likeness (QED) is 0.871. The summed E-state index contributed by atoms with van der Waals surface area (Å²) in [6.45, 7) is 2.88. The zero-order chi connectivity index (χ0) is 14.4. The second-order valence-corrected chi connectivity index (χ2v) is 4.71. The molecule has 1 unspecified atom stereocenters. The van der Waals surface area contributed by atoms with Crippen molar-refractivity contribution in [3.05, 3.63) is 65.5 Å². The van der Waals surface area contributed by atoms with Crippen molar-refractivity contribution in [3.8, 4) is 0 Å². The number of hydrogen-bond donors (Lipinski definition) is 1. The van der Waals surface area contributed by atoms with Crippen LogP contribution in [0.15, 0.2) is 42.7 Å². The van der Waals surface area contributed by atoms with Gasteiger partial charge in [-0.1, -0.05) is 25.1 Å². The van der Waals surface area contributed by atoms with Gasteiger partial charge in [0.15, 0.2) is 11.6 Å².